The summed E-state index contributed by atoms with van der Waals surface area (Å²) in [5.74, 6) is -4.69. The van der Waals surface area contributed by atoms with Crippen molar-refractivity contribution in [2.24, 2.45) is 0 Å². The molecule has 19 heavy (non-hydrogen) atoms. The number of hydrogen-bond acceptors (Lipinski definition) is 1. The normalized spacial score (nSPS) is 10.5. The quantitative estimate of drug-likeness (QED) is 0.901. The van der Waals surface area contributed by atoms with Crippen LogP contribution in [-0.2, 0) is 0 Å². The van der Waals surface area contributed by atoms with E-state index in [4.69, 9.17) is 16.7 Å². The summed E-state index contributed by atoms with van der Waals surface area (Å²) >= 11 is 5.55. The number of hydrogen-bond donors (Lipinski definition) is 1. The lowest BCUT2D eigenvalue weighted by atomic mass is 10.0. The van der Waals surface area contributed by atoms with Gasteiger partial charge in [0.25, 0.3) is 0 Å². The lowest BCUT2D eigenvalue weighted by Crippen LogP contribution is -2.03. The average molecular weight is 287 g/mol. The van der Waals surface area contributed by atoms with Crippen LogP contribution in [-0.4, -0.2) is 11.1 Å². The van der Waals surface area contributed by atoms with Crippen LogP contribution >= 0.6 is 11.6 Å². The molecule has 0 aliphatic carbocycles. The minimum atomic E-state index is -1.60. The van der Waals surface area contributed by atoms with Crippen LogP contribution in [0.1, 0.15) is 10.4 Å². The van der Waals surface area contributed by atoms with Crippen molar-refractivity contribution in [2.75, 3.05) is 0 Å². The highest BCUT2D eigenvalue weighted by Gasteiger charge is 2.18. The number of benzene rings is 2. The Labute approximate surface area is 111 Å². The number of carboxylic acids is 1. The van der Waals surface area contributed by atoms with Gasteiger partial charge in [0, 0.05) is 11.1 Å². The van der Waals surface area contributed by atoms with Crippen LogP contribution in [0.4, 0.5) is 13.2 Å². The Balaban J connectivity index is 2.67. The fraction of sp³-hybridized carbons (Fsp3) is 0. The highest BCUT2D eigenvalue weighted by Crippen LogP contribution is 2.30. The molecule has 0 atom stereocenters. The molecule has 1 N–H and O–H groups in total. The average Bonchev–Trinajstić information content (AvgIpc) is 2.35. The third-order valence-electron chi connectivity index (χ3n) is 2.53. The molecule has 0 spiro atoms. The Hall–Kier alpha value is -2.01. The Morgan fingerprint density at radius 3 is 2.37 bits per heavy atom. The van der Waals surface area contributed by atoms with Gasteiger partial charge < -0.3 is 5.11 Å². The van der Waals surface area contributed by atoms with Crippen molar-refractivity contribution >= 4 is 17.6 Å². The van der Waals surface area contributed by atoms with E-state index >= 15 is 0 Å². The first kappa shape index (κ1) is 13.4. The van der Waals surface area contributed by atoms with Crippen molar-refractivity contribution in [1.29, 1.82) is 0 Å². The molecule has 0 aliphatic rings. The van der Waals surface area contributed by atoms with Gasteiger partial charge in [-0.1, -0.05) is 23.7 Å². The van der Waals surface area contributed by atoms with Crippen LogP contribution in [0.2, 0.25) is 5.02 Å². The van der Waals surface area contributed by atoms with Crippen LogP contribution in [0.5, 0.6) is 0 Å². The summed E-state index contributed by atoms with van der Waals surface area (Å²) in [6, 6.07) is 5.00. The summed E-state index contributed by atoms with van der Waals surface area (Å²) in [4.78, 5) is 10.6. The van der Waals surface area contributed by atoms with E-state index < -0.39 is 29.0 Å². The van der Waals surface area contributed by atoms with Crippen molar-refractivity contribution in [1.82, 2.24) is 0 Å². The van der Waals surface area contributed by atoms with Gasteiger partial charge >= 0.3 is 5.97 Å². The molecule has 0 saturated carbocycles. The van der Waals surface area contributed by atoms with E-state index in [0.717, 1.165) is 0 Å². The molecule has 6 heteroatoms. The smallest absolute Gasteiger partial charge is 0.338 e. The zero-order valence-corrected chi connectivity index (χ0v) is 10.0. The molecule has 2 nitrogen and oxygen atoms in total. The van der Waals surface area contributed by atoms with Gasteiger partial charge in [-0.05, 0) is 18.2 Å². The van der Waals surface area contributed by atoms with Gasteiger partial charge in [-0.2, -0.15) is 0 Å². The minimum absolute atomic E-state index is 0.235. The monoisotopic (exact) mass is 286 g/mol. The maximum absolute atomic E-state index is 13.7. The fourth-order valence-electron chi connectivity index (χ4n) is 1.63. The zero-order valence-electron chi connectivity index (χ0n) is 9.25. The van der Waals surface area contributed by atoms with Gasteiger partial charge in [-0.3, -0.25) is 0 Å². The Morgan fingerprint density at radius 2 is 1.74 bits per heavy atom. The molecule has 2 rings (SSSR count). The van der Waals surface area contributed by atoms with Crippen molar-refractivity contribution in [3.05, 3.63) is 58.4 Å². The molecule has 0 aliphatic heterocycles. The minimum Gasteiger partial charge on any atom is -0.478 e. The van der Waals surface area contributed by atoms with Crippen molar-refractivity contribution in [2.45, 2.75) is 0 Å². The SMILES string of the molecule is O=C(O)c1cc(F)c(-c2cccc(Cl)c2F)cc1F. The molecule has 0 radical (unpaired) electrons. The van der Waals surface area contributed by atoms with E-state index in [-0.39, 0.29) is 16.1 Å². The molecule has 0 saturated heterocycles. The lowest BCUT2D eigenvalue weighted by Gasteiger charge is -2.08. The van der Waals surface area contributed by atoms with Crippen LogP contribution in [0, 0.1) is 17.5 Å². The molecule has 2 aromatic carbocycles. The first-order chi connectivity index (χ1) is 8.91. The topological polar surface area (TPSA) is 37.3 Å². The first-order valence-electron chi connectivity index (χ1n) is 5.08. The largest absolute Gasteiger partial charge is 0.478 e. The van der Waals surface area contributed by atoms with Gasteiger partial charge in [-0.25, -0.2) is 18.0 Å². The predicted octanol–water partition coefficient (Wildman–Crippen LogP) is 4.12. The fourth-order valence-corrected chi connectivity index (χ4v) is 1.80. The van der Waals surface area contributed by atoms with Crippen LogP contribution < -0.4 is 0 Å². The summed E-state index contributed by atoms with van der Waals surface area (Å²) in [7, 11) is 0. The van der Waals surface area contributed by atoms with E-state index in [2.05, 4.69) is 0 Å². The number of aromatic carboxylic acids is 1. The van der Waals surface area contributed by atoms with E-state index in [1.54, 1.807) is 0 Å². The predicted molar refractivity (Wildman–Crippen MR) is 63.7 cm³/mol. The second-order valence-electron chi connectivity index (χ2n) is 3.72. The summed E-state index contributed by atoms with van der Waals surface area (Å²) in [5, 5.41) is 8.41. The maximum Gasteiger partial charge on any atom is 0.338 e. The van der Waals surface area contributed by atoms with Gasteiger partial charge in [0.05, 0.1) is 10.6 Å². The zero-order chi connectivity index (χ0) is 14.2. The third-order valence-corrected chi connectivity index (χ3v) is 2.82. The van der Waals surface area contributed by atoms with Gasteiger partial charge in [0.1, 0.15) is 17.5 Å². The Kier molecular flexibility index (Phi) is 3.48. The second-order valence-corrected chi connectivity index (χ2v) is 4.13. The molecular formula is C13H6ClF3O2. The summed E-state index contributed by atoms with van der Waals surface area (Å²) in [6.45, 7) is 0. The first-order valence-corrected chi connectivity index (χ1v) is 5.46. The van der Waals surface area contributed by atoms with Crippen LogP contribution in [0.15, 0.2) is 30.3 Å². The van der Waals surface area contributed by atoms with E-state index in [0.29, 0.717) is 12.1 Å². The van der Waals surface area contributed by atoms with Crippen molar-refractivity contribution in [3.63, 3.8) is 0 Å². The molecule has 0 amide bonds. The molecule has 0 bridgehead atoms. The number of carbonyl (C=O) groups is 1. The molecule has 0 aromatic heterocycles. The Bertz CT molecular complexity index is 671. The molecule has 98 valence electrons. The Morgan fingerprint density at radius 1 is 1.05 bits per heavy atom. The van der Waals surface area contributed by atoms with Crippen molar-refractivity contribution in [3.8, 4) is 11.1 Å². The highest BCUT2D eigenvalue weighted by molar-refractivity contribution is 6.31. The van der Waals surface area contributed by atoms with E-state index in [1.807, 2.05) is 0 Å². The number of carboxylic acid groups (broad SMARTS) is 1. The summed E-state index contributed by atoms with van der Waals surface area (Å²) in [6.07, 6.45) is 0. The third kappa shape index (κ3) is 2.42. The van der Waals surface area contributed by atoms with Crippen LogP contribution in [0.3, 0.4) is 0 Å². The number of halogens is 4. The van der Waals surface area contributed by atoms with E-state index in [9.17, 15) is 18.0 Å². The van der Waals surface area contributed by atoms with Crippen molar-refractivity contribution < 1.29 is 23.1 Å². The van der Waals surface area contributed by atoms with E-state index in [1.165, 1.54) is 18.2 Å². The summed E-state index contributed by atoms with van der Waals surface area (Å²) < 4.78 is 41.0. The molecule has 0 unspecified atom stereocenters. The van der Waals surface area contributed by atoms with Gasteiger partial charge in [-0.15, -0.1) is 0 Å². The van der Waals surface area contributed by atoms with Gasteiger partial charge in [0.15, 0.2) is 0 Å². The lowest BCUT2D eigenvalue weighted by molar-refractivity contribution is 0.0691. The highest BCUT2D eigenvalue weighted by atomic mass is 35.5. The molecular weight excluding hydrogens is 281 g/mol. The van der Waals surface area contributed by atoms with Crippen LogP contribution in [0.25, 0.3) is 11.1 Å². The van der Waals surface area contributed by atoms with Gasteiger partial charge in [0.2, 0.25) is 0 Å². The number of rotatable bonds is 2. The maximum atomic E-state index is 13.7. The second kappa shape index (κ2) is 4.93. The molecule has 0 fully saturated rings. The molecule has 2 aromatic rings. The summed E-state index contributed by atoms with van der Waals surface area (Å²) in [5.41, 5.74) is -1.44. The molecule has 0 heterocycles. The standard InChI is InChI=1S/C13H6ClF3O2/c14-9-3-1-2-6(12(9)17)7-4-11(16)8(13(18)19)5-10(7)15/h1-5H,(H,18,19).